The molecule has 1 saturated carbocycles. The van der Waals surface area contributed by atoms with Crippen LogP contribution < -0.4 is 5.32 Å². The predicted octanol–water partition coefficient (Wildman–Crippen LogP) is 2.18. The number of rotatable bonds is 6. The van der Waals surface area contributed by atoms with E-state index in [1.54, 1.807) is 0 Å². The summed E-state index contributed by atoms with van der Waals surface area (Å²) in [5.41, 5.74) is 0.399. The summed E-state index contributed by atoms with van der Waals surface area (Å²) in [6.07, 6.45) is 5.53. The molecule has 9 nitrogen and oxygen atoms in total. The number of nitrogens with one attached hydrogen (secondary N) is 1. The minimum absolute atomic E-state index is 0.114. The van der Waals surface area contributed by atoms with Gasteiger partial charge in [0, 0.05) is 6.04 Å². The van der Waals surface area contributed by atoms with Gasteiger partial charge in [0.05, 0.1) is 4.92 Å². The zero-order valence-electron chi connectivity index (χ0n) is 15.5. The first kappa shape index (κ1) is 19.9. The lowest BCUT2D eigenvalue weighted by molar-refractivity contribution is -0.386. The first-order valence-electron chi connectivity index (χ1n) is 8.98. The summed E-state index contributed by atoms with van der Waals surface area (Å²) < 4.78 is 6.40. The molecule has 1 heterocycles. The molecule has 1 amide bonds. The van der Waals surface area contributed by atoms with Gasteiger partial charge in [0.1, 0.15) is 17.9 Å². The molecule has 0 aliphatic heterocycles. The van der Waals surface area contributed by atoms with Gasteiger partial charge in [-0.1, -0.05) is 25.7 Å². The molecule has 1 atom stereocenters. The molecule has 9 heteroatoms. The Balaban J connectivity index is 1.89. The van der Waals surface area contributed by atoms with Crippen LogP contribution in [0.15, 0.2) is 0 Å². The van der Waals surface area contributed by atoms with Crippen molar-refractivity contribution in [1.29, 1.82) is 0 Å². The molecular weight excluding hydrogens is 340 g/mol. The van der Waals surface area contributed by atoms with Crippen LogP contribution in [0.4, 0.5) is 5.69 Å². The van der Waals surface area contributed by atoms with Crippen LogP contribution in [0.3, 0.4) is 0 Å². The van der Waals surface area contributed by atoms with Crippen molar-refractivity contribution in [2.45, 2.75) is 78.0 Å². The number of aryl methyl sites for hydroxylation is 1. The maximum absolute atomic E-state index is 12.2. The van der Waals surface area contributed by atoms with Crippen LogP contribution in [0.5, 0.6) is 0 Å². The first-order chi connectivity index (χ1) is 12.3. The fraction of sp³-hybridized carbons (Fsp3) is 0.706. The number of carbonyl (C=O) groups excluding carboxylic acids is 2. The molecule has 1 aromatic rings. The van der Waals surface area contributed by atoms with Gasteiger partial charge in [-0.3, -0.25) is 24.4 Å². The van der Waals surface area contributed by atoms with E-state index < -0.39 is 17.0 Å². The molecule has 1 N–H and O–H groups in total. The highest BCUT2D eigenvalue weighted by Gasteiger charge is 2.25. The minimum Gasteiger partial charge on any atom is -0.451 e. The van der Waals surface area contributed by atoms with Gasteiger partial charge in [-0.25, -0.2) is 0 Å². The van der Waals surface area contributed by atoms with E-state index in [1.807, 2.05) is 0 Å². The number of hydrogen-bond acceptors (Lipinski definition) is 6. The number of aromatic nitrogens is 2. The molecular formula is C17H26N4O5. The van der Waals surface area contributed by atoms with Crippen molar-refractivity contribution < 1.29 is 19.2 Å². The SMILES string of the molecule is Cc1nn(CC(=O)O[C@H](C)C(=O)NC2CCCCCC2)c(C)c1[N+](=O)[O-]. The molecule has 0 saturated heterocycles. The summed E-state index contributed by atoms with van der Waals surface area (Å²) in [6, 6.07) is 0.129. The van der Waals surface area contributed by atoms with Crippen LogP contribution in [0, 0.1) is 24.0 Å². The molecule has 1 aromatic heterocycles. The summed E-state index contributed by atoms with van der Waals surface area (Å²) in [6.45, 7) is 4.28. The molecule has 144 valence electrons. The highest BCUT2D eigenvalue weighted by Crippen LogP contribution is 2.21. The van der Waals surface area contributed by atoms with E-state index in [-0.39, 0.29) is 35.6 Å². The fourth-order valence-corrected chi connectivity index (χ4v) is 3.26. The zero-order valence-corrected chi connectivity index (χ0v) is 15.5. The molecule has 1 aliphatic carbocycles. The Hall–Kier alpha value is -2.45. The van der Waals surface area contributed by atoms with Crippen LogP contribution in [-0.2, 0) is 20.9 Å². The summed E-state index contributed by atoms with van der Waals surface area (Å²) in [4.78, 5) is 34.8. The lowest BCUT2D eigenvalue weighted by Gasteiger charge is -2.19. The van der Waals surface area contributed by atoms with Crippen LogP contribution >= 0.6 is 0 Å². The Labute approximate surface area is 152 Å². The number of amides is 1. The van der Waals surface area contributed by atoms with Gasteiger partial charge >= 0.3 is 11.7 Å². The van der Waals surface area contributed by atoms with Crippen molar-refractivity contribution in [3.05, 3.63) is 21.5 Å². The van der Waals surface area contributed by atoms with Crippen molar-refractivity contribution >= 4 is 17.6 Å². The van der Waals surface area contributed by atoms with E-state index in [4.69, 9.17) is 4.74 Å². The monoisotopic (exact) mass is 366 g/mol. The molecule has 0 unspecified atom stereocenters. The standard InChI is InChI=1S/C17H26N4O5/c1-11-16(21(24)25)12(2)20(19-11)10-15(22)26-13(3)17(23)18-14-8-6-4-5-7-9-14/h13-14H,4-10H2,1-3H3,(H,18,23)/t13-/m1/s1. The highest BCUT2D eigenvalue weighted by atomic mass is 16.6. The van der Waals surface area contributed by atoms with E-state index in [0.717, 1.165) is 25.7 Å². The number of esters is 1. The molecule has 0 aromatic carbocycles. The van der Waals surface area contributed by atoms with Gasteiger partial charge in [-0.2, -0.15) is 5.10 Å². The largest absolute Gasteiger partial charge is 0.451 e. The topological polar surface area (TPSA) is 116 Å². The van der Waals surface area contributed by atoms with E-state index in [0.29, 0.717) is 0 Å². The molecule has 1 fully saturated rings. The Morgan fingerprint density at radius 1 is 1.31 bits per heavy atom. The lowest BCUT2D eigenvalue weighted by Crippen LogP contribution is -2.42. The molecule has 2 rings (SSSR count). The third-order valence-electron chi connectivity index (χ3n) is 4.68. The van der Waals surface area contributed by atoms with E-state index in [1.165, 1.54) is 38.3 Å². The summed E-state index contributed by atoms with van der Waals surface area (Å²) >= 11 is 0. The van der Waals surface area contributed by atoms with Crippen molar-refractivity contribution in [2.24, 2.45) is 0 Å². The predicted molar refractivity (Wildman–Crippen MR) is 93.5 cm³/mol. The maximum atomic E-state index is 12.2. The summed E-state index contributed by atoms with van der Waals surface area (Å²) in [5, 5.41) is 17.9. The smallest absolute Gasteiger partial charge is 0.328 e. The van der Waals surface area contributed by atoms with E-state index >= 15 is 0 Å². The Bertz CT molecular complexity index is 677. The van der Waals surface area contributed by atoms with E-state index in [9.17, 15) is 19.7 Å². The quantitative estimate of drug-likeness (QED) is 0.357. The number of hydrogen-bond donors (Lipinski definition) is 1. The van der Waals surface area contributed by atoms with Crippen LogP contribution in [0.25, 0.3) is 0 Å². The van der Waals surface area contributed by atoms with Gasteiger partial charge < -0.3 is 10.1 Å². The second-order valence-electron chi connectivity index (χ2n) is 6.76. The van der Waals surface area contributed by atoms with Gasteiger partial charge in [0.25, 0.3) is 5.91 Å². The van der Waals surface area contributed by atoms with Gasteiger partial charge in [0.15, 0.2) is 6.10 Å². The van der Waals surface area contributed by atoms with Crippen LogP contribution in [-0.4, -0.2) is 38.7 Å². The van der Waals surface area contributed by atoms with Crippen molar-refractivity contribution in [1.82, 2.24) is 15.1 Å². The summed E-state index contributed by atoms with van der Waals surface area (Å²) in [5.74, 6) is -0.974. The molecule has 0 spiro atoms. The van der Waals surface area contributed by atoms with Crippen molar-refractivity contribution in [2.75, 3.05) is 0 Å². The number of ether oxygens (including phenoxy) is 1. The molecule has 26 heavy (non-hydrogen) atoms. The van der Waals surface area contributed by atoms with Gasteiger partial charge in [0.2, 0.25) is 0 Å². The van der Waals surface area contributed by atoms with Crippen molar-refractivity contribution in [3.8, 4) is 0 Å². The Kier molecular flexibility index (Phi) is 6.70. The third-order valence-corrected chi connectivity index (χ3v) is 4.68. The minimum atomic E-state index is -0.919. The average molecular weight is 366 g/mol. The second-order valence-corrected chi connectivity index (χ2v) is 6.76. The second kappa shape index (κ2) is 8.77. The maximum Gasteiger partial charge on any atom is 0.328 e. The number of nitrogens with zero attached hydrogens (tertiary/aromatic N) is 3. The van der Waals surface area contributed by atoms with Crippen LogP contribution in [0.1, 0.15) is 56.8 Å². The number of carbonyl (C=O) groups is 2. The Morgan fingerprint density at radius 2 is 1.92 bits per heavy atom. The zero-order chi connectivity index (χ0) is 19.3. The lowest BCUT2D eigenvalue weighted by atomic mass is 10.1. The third kappa shape index (κ3) is 5.03. The number of nitro groups is 1. The molecule has 1 aliphatic rings. The van der Waals surface area contributed by atoms with Crippen LogP contribution in [0.2, 0.25) is 0 Å². The molecule has 0 radical (unpaired) electrons. The molecule has 0 bridgehead atoms. The Morgan fingerprint density at radius 3 is 2.46 bits per heavy atom. The fourth-order valence-electron chi connectivity index (χ4n) is 3.26. The first-order valence-corrected chi connectivity index (χ1v) is 8.98. The van der Waals surface area contributed by atoms with Gasteiger partial charge in [-0.05, 0) is 33.6 Å². The van der Waals surface area contributed by atoms with E-state index in [2.05, 4.69) is 10.4 Å². The average Bonchev–Trinajstić information content (AvgIpc) is 2.73. The normalized spacial score (nSPS) is 16.6. The summed E-state index contributed by atoms with van der Waals surface area (Å²) in [7, 11) is 0. The van der Waals surface area contributed by atoms with Gasteiger partial charge in [-0.15, -0.1) is 0 Å². The highest BCUT2D eigenvalue weighted by molar-refractivity contribution is 5.83. The van der Waals surface area contributed by atoms with Crippen molar-refractivity contribution in [3.63, 3.8) is 0 Å².